The number of anilines is 1. The summed E-state index contributed by atoms with van der Waals surface area (Å²) in [5.74, 6) is -0.800. The number of carbonyl (C=O) groups is 2. The standard InChI is InChI=1S/C21H21F4N3O3/c1-13(29)27-10-17-11-28(20(30)31-17)16-6-7-18(19(22)8-16)15-4-2-14(3-5-15)9-26-12-21(23,24)25/h2-8,17,26H,9-12H2,1H3,(H,27,29). The molecular weight excluding hydrogens is 418 g/mol. The highest BCUT2D eigenvalue weighted by Gasteiger charge is 2.32. The molecule has 2 aromatic rings. The van der Waals surface area contributed by atoms with E-state index >= 15 is 0 Å². The zero-order chi connectivity index (χ0) is 22.6. The average molecular weight is 439 g/mol. The van der Waals surface area contributed by atoms with Crippen molar-refractivity contribution in [3.05, 3.63) is 53.8 Å². The van der Waals surface area contributed by atoms with Gasteiger partial charge in [0.2, 0.25) is 5.91 Å². The molecule has 31 heavy (non-hydrogen) atoms. The SMILES string of the molecule is CC(=O)NCC1CN(c2ccc(-c3ccc(CNCC(F)(F)F)cc3)c(F)c2)C(=O)O1. The number of benzene rings is 2. The third kappa shape index (κ3) is 6.17. The second-order valence-electron chi connectivity index (χ2n) is 7.13. The first-order valence-electron chi connectivity index (χ1n) is 9.51. The molecule has 10 heteroatoms. The van der Waals surface area contributed by atoms with Gasteiger partial charge in [-0.25, -0.2) is 9.18 Å². The highest BCUT2D eigenvalue weighted by atomic mass is 19.4. The van der Waals surface area contributed by atoms with Crippen LogP contribution in [0.3, 0.4) is 0 Å². The van der Waals surface area contributed by atoms with Crippen LogP contribution in [0.25, 0.3) is 11.1 Å². The summed E-state index contributed by atoms with van der Waals surface area (Å²) in [5, 5.41) is 4.87. The number of carbonyl (C=O) groups excluding carboxylic acids is 2. The lowest BCUT2D eigenvalue weighted by molar-refractivity contribution is -0.125. The number of nitrogens with one attached hydrogen (secondary N) is 2. The van der Waals surface area contributed by atoms with Crippen molar-refractivity contribution in [1.29, 1.82) is 0 Å². The summed E-state index contributed by atoms with van der Waals surface area (Å²) in [6, 6.07) is 10.8. The van der Waals surface area contributed by atoms with Crippen LogP contribution in [0, 0.1) is 5.82 Å². The Kier molecular flexibility index (Phi) is 6.79. The van der Waals surface area contributed by atoms with Crippen molar-refractivity contribution < 1.29 is 31.9 Å². The lowest BCUT2D eigenvalue weighted by Crippen LogP contribution is -2.33. The number of rotatable bonds is 7. The Morgan fingerprint density at radius 1 is 1.19 bits per heavy atom. The fourth-order valence-electron chi connectivity index (χ4n) is 3.15. The number of halogens is 4. The van der Waals surface area contributed by atoms with Gasteiger partial charge < -0.3 is 15.4 Å². The summed E-state index contributed by atoms with van der Waals surface area (Å²) in [6.07, 6.45) is -5.44. The van der Waals surface area contributed by atoms with Crippen LogP contribution in [0.2, 0.25) is 0 Å². The molecular formula is C21H21F4N3O3. The Balaban J connectivity index is 1.65. The van der Waals surface area contributed by atoms with E-state index in [9.17, 15) is 27.2 Å². The summed E-state index contributed by atoms with van der Waals surface area (Å²) < 4.78 is 56.5. The van der Waals surface area contributed by atoms with E-state index in [4.69, 9.17) is 4.74 Å². The lowest BCUT2D eigenvalue weighted by Gasteiger charge is -2.15. The Morgan fingerprint density at radius 3 is 2.52 bits per heavy atom. The van der Waals surface area contributed by atoms with E-state index in [-0.39, 0.29) is 25.5 Å². The smallest absolute Gasteiger partial charge is 0.414 e. The molecule has 1 heterocycles. The molecule has 1 aliphatic rings. The van der Waals surface area contributed by atoms with Gasteiger partial charge in [0, 0.05) is 19.0 Å². The van der Waals surface area contributed by atoms with Gasteiger partial charge in [-0.3, -0.25) is 9.69 Å². The molecule has 6 nitrogen and oxygen atoms in total. The second kappa shape index (κ2) is 9.34. The van der Waals surface area contributed by atoms with E-state index in [1.807, 2.05) is 0 Å². The van der Waals surface area contributed by atoms with E-state index in [2.05, 4.69) is 10.6 Å². The summed E-state index contributed by atoms with van der Waals surface area (Å²) in [4.78, 5) is 24.4. The van der Waals surface area contributed by atoms with Gasteiger partial charge >= 0.3 is 12.3 Å². The summed E-state index contributed by atoms with van der Waals surface area (Å²) in [6.45, 7) is 0.654. The van der Waals surface area contributed by atoms with Crippen LogP contribution in [0.15, 0.2) is 42.5 Å². The largest absolute Gasteiger partial charge is 0.442 e. The van der Waals surface area contributed by atoms with E-state index in [0.29, 0.717) is 22.4 Å². The molecule has 2 N–H and O–H groups in total. The van der Waals surface area contributed by atoms with Gasteiger partial charge in [0.25, 0.3) is 0 Å². The molecule has 2 amide bonds. The maximum absolute atomic E-state index is 14.7. The number of hydrogen-bond acceptors (Lipinski definition) is 4. The maximum Gasteiger partial charge on any atom is 0.414 e. The van der Waals surface area contributed by atoms with Crippen molar-refractivity contribution in [2.24, 2.45) is 0 Å². The summed E-state index contributed by atoms with van der Waals surface area (Å²) >= 11 is 0. The lowest BCUT2D eigenvalue weighted by atomic mass is 10.0. The number of nitrogens with zero attached hydrogens (tertiary/aromatic N) is 1. The van der Waals surface area contributed by atoms with Gasteiger partial charge in [0.15, 0.2) is 0 Å². The Bertz CT molecular complexity index is 948. The van der Waals surface area contributed by atoms with Crippen LogP contribution in [0.4, 0.5) is 28.0 Å². The van der Waals surface area contributed by atoms with Crippen LogP contribution < -0.4 is 15.5 Å². The molecule has 1 atom stereocenters. The van der Waals surface area contributed by atoms with Gasteiger partial charge in [-0.15, -0.1) is 0 Å². The molecule has 3 rings (SSSR count). The topological polar surface area (TPSA) is 70.7 Å². The highest BCUT2D eigenvalue weighted by Crippen LogP contribution is 2.29. The number of cyclic esters (lactones) is 1. The van der Waals surface area contributed by atoms with Gasteiger partial charge in [0.1, 0.15) is 11.9 Å². The maximum atomic E-state index is 14.7. The number of hydrogen-bond donors (Lipinski definition) is 2. The van der Waals surface area contributed by atoms with Crippen LogP contribution in [-0.4, -0.2) is 43.9 Å². The van der Waals surface area contributed by atoms with Crippen LogP contribution in [0.5, 0.6) is 0 Å². The van der Waals surface area contributed by atoms with Gasteiger partial charge in [-0.1, -0.05) is 24.3 Å². The minimum Gasteiger partial charge on any atom is -0.442 e. The summed E-state index contributed by atoms with van der Waals surface area (Å²) in [7, 11) is 0. The normalized spacial score (nSPS) is 16.4. The Hall–Kier alpha value is -3.14. The quantitative estimate of drug-likeness (QED) is 0.647. The van der Waals surface area contributed by atoms with Crippen molar-refractivity contribution >= 4 is 17.7 Å². The molecule has 0 saturated carbocycles. The zero-order valence-corrected chi connectivity index (χ0v) is 16.6. The molecule has 1 aliphatic heterocycles. The molecule has 1 saturated heterocycles. The van der Waals surface area contributed by atoms with E-state index < -0.39 is 30.7 Å². The van der Waals surface area contributed by atoms with Crippen molar-refractivity contribution in [3.63, 3.8) is 0 Å². The fraction of sp³-hybridized carbons (Fsp3) is 0.333. The van der Waals surface area contributed by atoms with E-state index in [1.165, 1.54) is 24.0 Å². The van der Waals surface area contributed by atoms with Crippen LogP contribution in [-0.2, 0) is 16.1 Å². The first-order valence-corrected chi connectivity index (χ1v) is 9.51. The fourth-order valence-corrected chi connectivity index (χ4v) is 3.15. The minimum atomic E-state index is -4.28. The molecule has 0 aliphatic carbocycles. The molecule has 0 aromatic heterocycles. The number of ether oxygens (including phenoxy) is 1. The molecule has 166 valence electrons. The van der Waals surface area contributed by atoms with E-state index in [1.54, 1.807) is 30.3 Å². The number of amides is 2. The highest BCUT2D eigenvalue weighted by molar-refractivity contribution is 5.90. The zero-order valence-electron chi connectivity index (χ0n) is 16.6. The predicted octanol–water partition coefficient (Wildman–Crippen LogP) is 3.61. The van der Waals surface area contributed by atoms with Crippen molar-refractivity contribution in [2.75, 3.05) is 24.5 Å². The molecule has 0 radical (unpaired) electrons. The number of alkyl halides is 3. The molecule has 0 spiro atoms. The first-order chi connectivity index (χ1) is 14.6. The predicted molar refractivity (Wildman–Crippen MR) is 106 cm³/mol. The third-order valence-corrected chi connectivity index (χ3v) is 4.64. The molecule has 2 aromatic carbocycles. The molecule has 1 unspecified atom stereocenters. The minimum absolute atomic E-state index is 0.0396. The van der Waals surface area contributed by atoms with E-state index in [0.717, 1.165) is 0 Å². The second-order valence-corrected chi connectivity index (χ2v) is 7.13. The van der Waals surface area contributed by atoms with Crippen LogP contribution in [0.1, 0.15) is 12.5 Å². The summed E-state index contributed by atoms with van der Waals surface area (Å²) in [5.41, 5.74) is 1.80. The van der Waals surface area contributed by atoms with Crippen LogP contribution >= 0.6 is 0 Å². The van der Waals surface area contributed by atoms with Gasteiger partial charge in [-0.2, -0.15) is 13.2 Å². The van der Waals surface area contributed by atoms with Gasteiger partial charge in [0.05, 0.1) is 25.3 Å². The van der Waals surface area contributed by atoms with Crippen molar-refractivity contribution in [1.82, 2.24) is 10.6 Å². The van der Waals surface area contributed by atoms with Gasteiger partial charge in [-0.05, 0) is 29.3 Å². The Labute approximate surface area is 176 Å². The molecule has 0 bridgehead atoms. The Morgan fingerprint density at radius 2 is 1.90 bits per heavy atom. The first kappa shape index (κ1) is 22.5. The average Bonchev–Trinajstić information content (AvgIpc) is 3.07. The molecule has 1 fully saturated rings. The monoisotopic (exact) mass is 439 g/mol. The third-order valence-electron chi connectivity index (χ3n) is 4.64. The van der Waals surface area contributed by atoms with Crippen molar-refractivity contribution in [2.45, 2.75) is 25.7 Å². The van der Waals surface area contributed by atoms with Crippen molar-refractivity contribution in [3.8, 4) is 11.1 Å².